The minimum atomic E-state index is -3.20. The van der Waals surface area contributed by atoms with Crippen molar-refractivity contribution in [3.8, 4) is 11.8 Å². The van der Waals surface area contributed by atoms with Crippen LogP contribution in [0.1, 0.15) is 49.8 Å². The van der Waals surface area contributed by atoms with Crippen molar-refractivity contribution in [2.45, 2.75) is 38.6 Å². The van der Waals surface area contributed by atoms with Crippen LogP contribution in [0.2, 0.25) is 0 Å². The number of anilines is 2. The van der Waals surface area contributed by atoms with Crippen molar-refractivity contribution in [2.75, 3.05) is 34.7 Å². The third kappa shape index (κ3) is 3.50. The Morgan fingerprint density at radius 3 is 2.53 bits per heavy atom. The van der Waals surface area contributed by atoms with E-state index < -0.39 is 10.0 Å². The fourth-order valence-electron chi connectivity index (χ4n) is 4.49. The zero-order valence-electron chi connectivity index (χ0n) is 17.4. The zero-order valence-corrected chi connectivity index (χ0v) is 18.2. The van der Waals surface area contributed by atoms with Crippen LogP contribution < -0.4 is 13.9 Å². The fraction of sp³-hybridized carbons (Fsp3) is 0.435. The van der Waals surface area contributed by atoms with Crippen molar-refractivity contribution in [3.05, 3.63) is 53.6 Å². The molecule has 0 N–H and O–H groups in total. The van der Waals surface area contributed by atoms with E-state index in [0.29, 0.717) is 25.3 Å². The molecular formula is C23H27N3O3S. The lowest BCUT2D eigenvalue weighted by Gasteiger charge is -2.28. The lowest BCUT2D eigenvalue weighted by Crippen LogP contribution is -2.27. The number of hydrogen-bond donors (Lipinski definition) is 0. The van der Waals surface area contributed by atoms with E-state index >= 15 is 0 Å². The third-order valence-electron chi connectivity index (χ3n) is 5.87. The van der Waals surface area contributed by atoms with Crippen LogP contribution in [0.3, 0.4) is 0 Å². The molecule has 1 saturated heterocycles. The van der Waals surface area contributed by atoms with Crippen molar-refractivity contribution in [1.82, 2.24) is 0 Å². The lowest BCUT2D eigenvalue weighted by atomic mass is 9.91. The number of fused-ring (bicyclic) bond motifs is 1. The summed E-state index contributed by atoms with van der Waals surface area (Å²) in [5, 5.41) is 9.97. The number of rotatable bonds is 6. The molecule has 2 aliphatic heterocycles. The van der Waals surface area contributed by atoms with E-state index in [1.165, 1.54) is 4.31 Å². The highest BCUT2D eigenvalue weighted by atomic mass is 32.2. The first kappa shape index (κ1) is 20.5. The number of ether oxygens (including phenoxy) is 1. The van der Waals surface area contributed by atoms with Gasteiger partial charge in [-0.15, -0.1) is 0 Å². The summed E-state index contributed by atoms with van der Waals surface area (Å²) in [4.78, 5) is 2.24. The second-order valence-electron chi connectivity index (χ2n) is 7.74. The van der Waals surface area contributed by atoms with E-state index in [2.05, 4.69) is 24.8 Å². The van der Waals surface area contributed by atoms with Gasteiger partial charge < -0.3 is 9.64 Å². The zero-order chi connectivity index (χ0) is 21.3. The topological polar surface area (TPSA) is 73.6 Å². The third-order valence-corrected chi connectivity index (χ3v) is 7.74. The van der Waals surface area contributed by atoms with Gasteiger partial charge >= 0.3 is 0 Å². The smallest absolute Gasteiger partial charge is 0.235 e. The first-order valence-corrected chi connectivity index (χ1v) is 12.1. The summed E-state index contributed by atoms with van der Waals surface area (Å²) in [5.74, 6) is 0.734. The maximum atomic E-state index is 12.2. The first-order valence-electron chi connectivity index (χ1n) is 10.5. The summed E-state index contributed by atoms with van der Waals surface area (Å²) in [5.41, 5.74) is 3.75. The van der Waals surface area contributed by atoms with Gasteiger partial charge in [0.25, 0.3) is 0 Å². The number of hydrogen-bond acceptors (Lipinski definition) is 5. The van der Waals surface area contributed by atoms with Gasteiger partial charge in [-0.25, -0.2) is 8.42 Å². The van der Waals surface area contributed by atoms with Crippen molar-refractivity contribution in [3.63, 3.8) is 0 Å². The van der Waals surface area contributed by atoms with Crippen molar-refractivity contribution < 1.29 is 13.2 Å². The highest BCUT2D eigenvalue weighted by Gasteiger charge is 2.39. The molecule has 158 valence electrons. The Balaban J connectivity index is 1.67. The summed E-state index contributed by atoms with van der Waals surface area (Å²) >= 11 is 0. The van der Waals surface area contributed by atoms with E-state index in [1.54, 1.807) is 0 Å². The molecule has 0 aromatic heterocycles. The maximum absolute atomic E-state index is 12.2. The highest BCUT2D eigenvalue weighted by molar-refractivity contribution is 7.93. The Morgan fingerprint density at radius 1 is 1.17 bits per heavy atom. The van der Waals surface area contributed by atoms with E-state index in [9.17, 15) is 13.7 Å². The Labute approximate surface area is 178 Å². The number of nitriles is 1. The molecule has 2 unspecified atom stereocenters. The van der Waals surface area contributed by atoms with Gasteiger partial charge in [-0.1, -0.05) is 25.1 Å². The van der Waals surface area contributed by atoms with Crippen LogP contribution in [0.5, 0.6) is 5.75 Å². The molecule has 0 aliphatic carbocycles. The molecule has 2 heterocycles. The molecule has 0 saturated carbocycles. The predicted octanol–water partition coefficient (Wildman–Crippen LogP) is 4.20. The van der Waals surface area contributed by atoms with Crippen LogP contribution in [-0.2, 0) is 10.0 Å². The molecular weight excluding hydrogens is 398 g/mol. The Bertz CT molecular complexity index is 1060. The van der Waals surface area contributed by atoms with Gasteiger partial charge in [-0.3, -0.25) is 4.31 Å². The Morgan fingerprint density at radius 2 is 1.93 bits per heavy atom. The van der Waals surface area contributed by atoms with Gasteiger partial charge in [0.15, 0.2) is 0 Å². The number of benzene rings is 2. The van der Waals surface area contributed by atoms with Crippen LogP contribution >= 0.6 is 0 Å². The van der Waals surface area contributed by atoms with E-state index in [-0.39, 0.29) is 17.7 Å². The molecule has 4 rings (SSSR count). The molecule has 1 fully saturated rings. The molecule has 0 spiro atoms. The highest BCUT2D eigenvalue weighted by Crippen LogP contribution is 2.49. The van der Waals surface area contributed by atoms with Gasteiger partial charge in [0.2, 0.25) is 10.0 Å². The fourth-order valence-corrected chi connectivity index (χ4v) is 6.06. The summed E-state index contributed by atoms with van der Waals surface area (Å²) in [6, 6.07) is 16.0. The van der Waals surface area contributed by atoms with Gasteiger partial charge in [-0.2, -0.15) is 5.26 Å². The molecule has 2 aliphatic rings. The average molecular weight is 426 g/mol. The van der Waals surface area contributed by atoms with Crippen molar-refractivity contribution in [1.29, 1.82) is 5.26 Å². The van der Waals surface area contributed by atoms with Gasteiger partial charge in [0.1, 0.15) is 5.75 Å². The molecule has 2 aromatic carbocycles. The number of nitrogens with zero attached hydrogens (tertiary/aromatic N) is 3. The predicted molar refractivity (Wildman–Crippen MR) is 119 cm³/mol. The second kappa shape index (κ2) is 8.19. The van der Waals surface area contributed by atoms with Gasteiger partial charge in [0.05, 0.1) is 36.1 Å². The molecule has 2 atom stereocenters. The molecule has 2 aromatic rings. The van der Waals surface area contributed by atoms with Crippen LogP contribution in [-0.4, -0.2) is 33.9 Å². The molecule has 0 bridgehead atoms. The quantitative estimate of drug-likeness (QED) is 0.693. The summed E-state index contributed by atoms with van der Waals surface area (Å²) in [6.45, 7) is 6.11. The Hall–Kier alpha value is -2.72. The minimum Gasteiger partial charge on any atom is -0.494 e. The van der Waals surface area contributed by atoms with E-state index in [0.717, 1.165) is 35.5 Å². The summed E-state index contributed by atoms with van der Waals surface area (Å²) in [7, 11) is -3.20. The Kier molecular flexibility index (Phi) is 5.61. The van der Waals surface area contributed by atoms with Crippen LogP contribution in [0.4, 0.5) is 11.4 Å². The summed E-state index contributed by atoms with van der Waals surface area (Å²) < 4.78 is 31.7. The van der Waals surface area contributed by atoms with Crippen LogP contribution in [0, 0.1) is 11.3 Å². The molecule has 0 amide bonds. The molecule has 7 heteroatoms. The van der Waals surface area contributed by atoms with E-state index in [1.807, 2.05) is 42.5 Å². The summed E-state index contributed by atoms with van der Waals surface area (Å²) in [6.07, 6.45) is 1.60. The van der Waals surface area contributed by atoms with Crippen LogP contribution in [0.15, 0.2) is 42.5 Å². The normalized spacial score (nSPS) is 22.0. The van der Waals surface area contributed by atoms with Gasteiger partial charge in [-0.05, 0) is 49.1 Å². The van der Waals surface area contributed by atoms with Crippen LogP contribution in [0.25, 0.3) is 0 Å². The first-order chi connectivity index (χ1) is 14.5. The van der Waals surface area contributed by atoms with Gasteiger partial charge in [0, 0.05) is 24.8 Å². The standard InChI is InChI=1S/C23H27N3O3S/c1-3-13-29-19-10-11-20-21(16-24)23(25(4-2)22(20)15-19)17-6-8-18(9-7-17)26-12-5-14-30(26,27)28/h6-11,15,21,23H,3-5,12-14H2,1-2H3. The maximum Gasteiger partial charge on any atom is 0.235 e. The molecule has 30 heavy (non-hydrogen) atoms. The minimum absolute atomic E-state index is 0.110. The van der Waals surface area contributed by atoms with E-state index in [4.69, 9.17) is 4.74 Å². The largest absolute Gasteiger partial charge is 0.494 e. The SMILES string of the molecule is CCCOc1ccc2c(c1)N(CC)C(c1ccc(N3CCCS3(=O)=O)cc1)C2C#N. The lowest BCUT2D eigenvalue weighted by molar-refractivity contribution is 0.317. The molecule has 0 radical (unpaired) electrons. The van der Waals surface area contributed by atoms with Crippen molar-refractivity contribution >= 4 is 21.4 Å². The number of sulfonamides is 1. The van der Waals surface area contributed by atoms with Crippen molar-refractivity contribution in [2.24, 2.45) is 0 Å². The number of likely N-dealkylation sites (N-methyl/N-ethyl adjacent to an activating group) is 1. The second-order valence-corrected chi connectivity index (χ2v) is 9.75. The monoisotopic (exact) mass is 425 g/mol. The average Bonchev–Trinajstić information content (AvgIpc) is 3.27. The molecule has 6 nitrogen and oxygen atoms in total.